The van der Waals surface area contributed by atoms with Crippen LogP contribution in [0.1, 0.15) is 0 Å². The van der Waals surface area contributed by atoms with Crippen LogP contribution in [0.2, 0.25) is 0 Å². The van der Waals surface area contributed by atoms with Crippen molar-refractivity contribution in [2.45, 2.75) is 0 Å². The number of thiophene rings is 2. The van der Waals surface area contributed by atoms with Gasteiger partial charge in [0, 0.05) is 58.0 Å². The fourth-order valence-corrected chi connectivity index (χ4v) is 11.0. The second-order valence-corrected chi connectivity index (χ2v) is 16.2. The molecule has 218 valence electrons. The summed E-state index contributed by atoms with van der Waals surface area (Å²) >= 11 is 3.67. The Labute approximate surface area is 273 Å². The molecule has 0 saturated heterocycles. The van der Waals surface area contributed by atoms with Crippen molar-refractivity contribution in [2.75, 3.05) is 0 Å². The van der Waals surface area contributed by atoms with Gasteiger partial charge in [0.25, 0.3) is 0 Å². The lowest BCUT2D eigenvalue weighted by Gasteiger charge is -2.18. The maximum Gasteiger partial charge on any atom is 0.205 e. The third kappa shape index (κ3) is 4.43. The zero-order valence-electron chi connectivity index (χ0n) is 24.5. The van der Waals surface area contributed by atoms with Crippen LogP contribution in [0.5, 0.6) is 0 Å². The second kappa shape index (κ2) is 10.9. The maximum absolute atomic E-state index is 14.9. The van der Waals surface area contributed by atoms with Crippen molar-refractivity contribution in [1.29, 1.82) is 0 Å². The molecule has 0 atom stereocenters. The minimum atomic E-state index is -3.29. The predicted octanol–water partition coefficient (Wildman–Crippen LogP) is 10.2. The number of nitrogens with zero attached hydrogens (tertiary/aromatic N) is 2. The van der Waals surface area contributed by atoms with Crippen molar-refractivity contribution in [2.24, 2.45) is 0 Å². The van der Waals surface area contributed by atoms with Crippen molar-refractivity contribution in [3.8, 4) is 22.3 Å². The molecule has 6 heteroatoms. The molecular formula is C40H25N2OPS2. The van der Waals surface area contributed by atoms with Gasteiger partial charge in [0.1, 0.15) is 10.9 Å². The Morgan fingerprint density at radius 1 is 0.413 bits per heavy atom. The van der Waals surface area contributed by atoms with Crippen LogP contribution in [-0.4, -0.2) is 9.97 Å². The van der Waals surface area contributed by atoms with Gasteiger partial charge in [0.2, 0.25) is 7.14 Å². The van der Waals surface area contributed by atoms with Crippen molar-refractivity contribution in [3.63, 3.8) is 0 Å². The van der Waals surface area contributed by atoms with Crippen LogP contribution in [0.25, 0.3) is 62.6 Å². The molecule has 0 aliphatic heterocycles. The highest BCUT2D eigenvalue weighted by molar-refractivity contribution is 7.84. The van der Waals surface area contributed by atoms with Gasteiger partial charge in [0.05, 0.1) is 0 Å². The van der Waals surface area contributed by atoms with Crippen molar-refractivity contribution < 1.29 is 4.57 Å². The SMILES string of the molecule is O=P(c1cccc(-c2ccc3sc4ccc(-c5ccc6sc7ccccc7c6c5)cc4c3c2)c1)(c1ccccn1)c1ccccn1. The number of rotatable bonds is 5. The van der Waals surface area contributed by atoms with Crippen molar-refractivity contribution in [3.05, 3.63) is 152 Å². The van der Waals surface area contributed by atoms with E-state index in [4.69, 9.17) is 0 Å². The Morgan fingerprint density at radius 2 is 0.891 bits per heavy atom. The normalized spacial score (nSPS) is 12.0. The van der Waals surface area contributed by atoms with Crippen LogP contribution in [0.15, 0.2) is 152 Å². The summed E-state index contributed by atoms with van der Waals surface area (Å²) in [5, 5.41) is 5.82. The van der Waals surface area contributed by atoms with E-state index >= 15 is 0 Å². The van der Waals surface area contributed by atoms with E-state index in [1.54, 1.807) is 12.4 Å². The second-order valence-electron chi connectivity index (χ2n) is 11.4. The fraction of sp³-hybridized carbons (Fsp3) is 0. The molecule has 0 saturated carbocycles. The molecule has 0 fully saturated rings. The molecule has 9 rings (SSSR count). The standard InChI is InChI=1S/C40H25N2OPS2/c43-44(39-12-3-5-20-41-39,40-13-4-6-21-42-40)30-9-7-8-26(22-30)27-14-18-37-33(24-27)34-25-29(16-19-38(34)46-37)28-15-17-36-32(23-28)31-10-1-2-11-35(31)45-36/h1-25H. The van der Waals surface area contributed by atoms with Crippen LogP contribution in [0.4, 0.5) is 0 Å². The molecule has 0 unspecified atom stereocenters. The number of aromatic nitrogens is 2. The lowest BCUT2D eigenvalue weighted by molar-refractivity contribution is 0.591. The van der Waals surface area contributed by atoms with E-state index in [-0.39, 0.29) is 0 Å². The van der Waals surface area contributed by atoms with Crippen molar-refractivity contribution >= 4 is 86.3 Å². The zero-order valence-corrected chi connectivity index (χ0v) is 27.0. The first-order chi connectivity index (χ1) is 22.6. The summed E-state index contributed by atoms with van der Waals surface area (Å²) in [6.07, 6.45) is 3.39. The van der Waals surface area contributed by atoms with Crippen LogP contribution in [0.3, 0.4) is 0 Å². The molecule has 5 aromatic carbocycles. The molecule has 3 nitrogen and oxygen atoms in total. The first kappa shape index (κ1) is 27.4. The number of fused-ring (bicyclic) bond motifs is 6. The van der Waals surface area contributed by atoms with Gasteiger partial charge in [0.15, 0.2) is 0 Å². The van der Waals surface area contributed by atoms with E-state index < -0.39 is 7.14 Å². The lowest BCUT2D eigenvalue weighted by atomic mass is 9.99. The van der Waals surface area contributed by atoms with Gasteiger partial charge in [-0.25, -0.2) is 0 Å². The monoisotopic (exact) mass is 644 g/mol. The average Bonchev–Trinajstić information content (AvgIpc) is 3.69. The Hall–Kier alpha value is -4.93. The number of hydrogen-bond donors (Lipinski definition) is 0. The summed E-state index contributed by atoms with van der Waals surface area (Å²) in [6, 6.07) is 48.1. The van der Waals surface area contributed by atoms with E-state index in [9.17, 15) is 4.57 Å². The zero-order chi connectivity index (χ0) is 30.7. The van der Waals surface area contributed by atoms with Gasteiger partial charge in [-0.3, -0.25) is 9.97 Å². The van der Waals surface area contributed by atoms with Crippen LogP contribution in [-0.2, 0) is 4.57 Å². The largest absolute Gasteiger partial charge is 0.305 e. The summed E-state index contributed by atoms with van der Waals surface area (Å²) in [5.74, 6) is 0. The number of hydrogen-bond acceptors (Lipinski definition) is 5. The Kier molecular flexibility index (Phi) is 6.46. The summed E-state index contributed by atoms with van der Waals surface area (Å²) < 4.78 is 20.1. The molecule has 4 heterocycles. The maximum atomic E-state index is 14.9. The Morgan fingerprint density at radius 3 is 1.43 bits per heavy atom. The van der Waals surface area contributed by atoms with Gasteiger partial charge < -0.3 is 4.57 Å². The average molecular weight is 645 g/mol. The van der Waals surface area contributed by atoms with E-state index in [0.717, 1.165) is 16.4 Å². The van der Waals surface area contributed by atoms with E-state index in [1.807, 2.05) is 77.3 Å². The third-order valence-electron chi connectivity index (χ3n) is 8.67. The minimum Gasteiger partial charge on any atom is -0.305 e. The van der Waals surface area contributed by atoms with Crippen LogP contribution in [0, 0.1) is 0 Å². The van der Waals surface area contributed by atoms with E-state index in [0.29, 0.717) is 10.9 Å². The van der Waals surface area contributed by atoms with Crippen LogP contribution < -0.4 is 16.2 Å². The number of pyridine rings is 2. The predicted molar refractivity (Wildman–Crippen MR) is 198 cm³/mol. The molecule has 0 amide bonds. The fourth-order valence-electron chi connectivity index (χ4n) is 6.39. The molecule has 9 aromatic rings. The number of benzene rings is 5. The molecule has 0 aliphatic carbocycles. The molecule has 0 N–H and O–H groups in total. The van der Waals surface area contributed by atoms with Gasteiger partial charge in [-0.15, -0.1) is 22.7 Å². The highest BCUT2D eigenvalue weighted by atomic mass is 32.1. The van der Waals surface area contributed by atoms with Crippen molar-refractivity contribution in [1.82, 2.24) is 9.97 Å². The summed E-state index contributed by atoms with van der Waals surface area (Å²) in [7, 11) is -3.29. The van der Waals surface area contributed by atoms with E-state index in [2.05, 4.69) is 94.9 Å². The van der Waals surface area contributed by atoms with Gasteiger partial charge in [-0.05, 0) is 95.1 Å². The molecule has 46 heavy (non-hydrogen) atoms. The highest BCUT2D eigenvalue weighted by Gasteiger charge is 2.32. The third-order valence-corrected chi connectivity index (χ3v) is 13.8. The molecule has 0 bridgehead atoms. The highest BCUT2D eigenvalue weighted by Crippen LogP contribution is 2.43. The molecule has 4 aromatic heterocycles. The smallest absolute Gasteiger partial charge is 0.205 e. The van der Waals surface area contributed by atoms with Gasteiger partial charge in [-0.2, -0.15) is 0 Å². The molecule has 0 spiro atoms. The quantitative estimate of drug-likeness (QED) is 0.175. The summed E-state index contributed by atoms with van der Waals surface area (Å²) in [5.41, 5.74) is 5.60. The summed E-state index contributed by atoms with van der Waals surface area (Å²) in [4.78, 5) is 9.07. The van der Waals surface area contributed by atoms with Crippen LogP contribution >= 0.6 is 29.8 Å². The molecule has 0 radical (unpaired) electrons. The van der Waals surface area contributed by atoms with E-state index in [1.165, 1.54) is 51.5 Å². The lowest BCUT2D eigenvalue weighted by Crippen LogP contribution is -2.28. The Balaban J connectivity index is 1.16. The molecule has 0 aliphatic rings. The molecular weight excluding hydrogens is 620 g/mol. The first-order valence-electron chi connectivity index (χ1n) is 15.1. The van der Waals surface area contributed by atoms with Gasteiger partial charge in [-0.1, -0.05) is 66.7 Å². The first-order valence-corrected chi connectivity index (χ1v) is 18.4. The minimum absolute atomic E-state index is 0.534. The Bertz CT molecular complexity index is 2580. The topological polar surface area (TPSA) is 42.9 Å². The summed E-state index contributed by atoms with van der Waals surface area (Å²) in [6.45, 7) is 0. The van der Waals surface area contributed by atoms with Gasteiger partial charge >= 0.3 is 0 Å².